The van der Waals surface area contributed by atoms with E-state index in [1.165, 1.54) is 0 Å². The summed E-state index contributed by atoms with van der Waals surface area (Å²) < 4.78 is 16.5. The zero-order chi connectivity index (χ0) is 25.1. The molecule has 1 N–H and O–H groups in total. The molecule has 1 aliphatic carbocycles. The number of benzene rings is 1. The average molecular weight is 496 g/mol. The van der Waals surface area contributed by atoms with E-state index in [1.54, 1.807) is 18.4 Å². The lowest BCUT2D eigenvalue weighted by Gasteiger charge is -2.36. The minimum absolute atomic E-state index is 0.0454. The monoisotopic (exact) mass is 495 g/mol. The Morgan fingerprint density at radius 3 is 2.63 bits per heavy atom. The van der Waals surface area contributed by atoms with Crippen molar-refractivity contribution in [1.82, 2.24) is 5.32 Å². The van der Waals surface area contributed by atoms with E-state index >= 15 is 0 Å². The summed E-state index contributed by atoms with van der Waals surface area (Å²) in [6.45, 7) is 8.30. The van der Waals surface area contributed by atoms with E-state index in [1.807, 2.05) is 64.1 Å². The van der Waals surface area contributed by atoms with Crippen LogP contribution >= 0.6 is 11.3 Å². The number of thiophene rings is 1. The second-order valence-electron chi connectivity index (χ2n) is 9.30. The van der Waals surface area contributed by atoms with Crippen LogP contribution in [0.15, 0.2) is 58.9 Å². The molecule has 7 heteroatoms. The van der Waals surface area contributed by atoms with E-state index < -0.39 is 11.9 Å². The van der Waals surface area contributed by atoms with Crippen LogP contribution in [-0.4, -0.2) is 38.2 Å². The Morgan fingerprint density at radius 2 is 1.94 bits per heavy atom. The molecule has 1 aliphatic heterocycles. The average Bonchev–Trinajstić information content (AvgIpc) is 3.26. The first-order chi connectivity index (χ1) is 16.8. The highest BCUT2D eigenvalue weighted by Crippen LogP contribution is 2.47. The second kappa shape index (κ2) is 10.8. The van der Waals surface area contributed by atoms with Crippen molar-refractivity contribution in [2.75, 3.05) is 20.3 Å². The maximum absolute atomic E-state index is 13.6. The zero-order valence-electron chi connectivity index (χ0n) is 21.0. The summed E-state index contributed by atoms with van der Waals surface area (Å²) in [4.78, 5) is 29.0. The molecule has 2 aromatic rings. The normalized spacial score (nSPS) is 20.1. The fraction of sp³-hybridized carbons (Fsp3) is 0.429. The van der Waals surface area contributed by atoms with Gasteiger partial charge in [0.1, 0.15) is 12.4 Å². The molecule has 6 nitrogen and oxygen atoms in total. The number of allylic oxidation sites excluding steroid dienone is 3. The largest absolute Gasteiger partial charge is 0.497 e. The molecule has 2 atom stereocenters. The fourth-order valence-electron chi connectivity index (χ4n) is 4.83. The number of methoxy groups -OCH3 is 1. The highest BCUT2D eigenvalue weighted by atomic mass is 32.1. The number of aryl methyl sites for hydroxylation is 1. The van der Waals surface area contributed by atoms with Crippen LogP contribution in [0.5, 0.6) is 5.75 Å². The molecule has 0 saturated heterocycles. The van der Waals surface area contributed by atoms with Crippen molar-refractivity contribution in [3.8, 4) is 5.75 Å². The lowest BCUT2D eigenvalue weighted by Crippen LogP contribution is -2.36. The quantitative estimate of drug-likeness (QED) is 0.391. The number of ketones is 1. The van der Waals surface area contributed by atoms with Crippen LogP contribution < -0.4 is 10.1 Å². The molecule has 1 aromatic heterocycles. The minimum atomic E-state index is -0.428. The van der Waals surface area contributed by atoms with E-state index in [-0.39, 0.29) is 24.4 Å². The number of carbonyl (C=O) groups excluding carboxylic acids is 2. The van der Waals surface area contributed by atoms with Gasteiger partial charge in [0.25, 0.3) is 0 Å². The molecule has 2 unspecified atom stereocenters. The van der Waals surface area contributed by atoms with Crippen LogP contribution in [0.25, 0.3) is 0 Å². The first kappa shape index (κ1) is 25.2. The third-order valence-electron chi connectivity index (χ3n) is 6.43. The third-order valence-corrected chi connectivity index (χ3v) is 7.49. The molecule has 0 bridgehead atoms. The van der Waals surface area contributed by atoms with Gasteiger partial charge in [0, 0.05) is 33.1 Å². The van der Waals surface area contributed by atoms with E-state index in [4.69, 9.17) is 14.2 Å². The molecular weight excluding hydrogens is 462 g/mol. The molecule has 2 aliphatic rings. The standard InChI is InChI=1S/C28H33NO5S/c1-16(2)33-11-12-34-28(31)25-18(4)29-22-14-20(19-7-6-8-21(13-19)32-5)15-23(30)26(22)27(25)24-10-9-17(3)35-24/h6-10,13,16,20,27,29H,11-12,14-15H2,1-5H3. The lowest BCUT2D eigenvalue weighted by atomic mass is 9.73. The van der Waals surface area contributed by atoms with Crippen molar-refractivity contribution in [3.63, 3.8) is 0 Å². The Morgan fingerprint density at radius 1 is 1.14 bits per heavy atom. The van der Waals surface area contributed by atoms with Crippen molar-refractivity contribution in [1.29, 1.82) is 0 Å². The lowest BCUT2D eigenvalue weighted by molar-refractivity contribution is -0.141. The number of rotatable bonds is 8. The van der Waals surface area contributed by atoms with Gasteiger partial charge in [0.2, 0.25) is 0 Å². The summed E-state index contributed by atoms with van der Waals surface area (Å²) in [5.74, 6) is 0.0448. The summed E-state index contributed by atoms with van der Waals surface area (Å²) in [5, 5.41) is 3.40. The van der Waals surface area contributed by atoms with Gasteiger partial charge in [-0.15, -0.1) is 11.3 Å². The summed E-state index contributed by atoms with van der Waals surface area (Å²) in [6, 6.07) is 11.9. The second-order valence-corrected chi connectivity index (χ2v) is 10.6. The molecule has 2 heterocycles. The van der Waals surface area contributed by atoms with Crippen LogP contribution in [0.1, 0.15) is 60.8 Å². The van der Waals surface area contributed by atoms with Gasteiger partial charge in [-0.3, -0.25) is 4.79 Å². The summed E-state index contributed by atoms with van der Waals surface area (Å²) >= 11 is 1.61. The predicted octanol–water partition coefficient (Wildman–Crippen LogP) is 5.39. The van der Waals surface area contributed by atoms with Gasteiger partial charge in [-0.1, -0.05) is 12.1 Å². The van der Waals surface area contributed by atoms with Crippen molar-refractivity contribution in [3.05, 3.63) is 74.3 Å². The Balaban J connectivity index is 1.66. The van der Waals surface area contributed by atoms with Gasteiger partial charge < -0.3 is 19.5 Å². The molecule has 0 saturated carbocycles. The molecule has 0 amide bonds. The molecule has 35 heavy (non-hydrogen) atoms. The number of carbonyl (C=O) groups is 2. The first-order valence-corrected chi connectivity index (χ1v) is 12.8. The van der Waals surface area contributed by atoms with E-state index in [0.717, 1.165) is 32.5 Å². The zero-order valence-corrected chi connectivity index (χ0v) is 21.8. The Labute approximate surface area is 211 Å². The van der Waals surface area contributed by atoms with Crippen LogP contribution in [0, 0.1) is 6.92 Å². The predicted molar refractivity (Wildman–Crippen MR) is 137 cm³/mol. The molecular formula is C28H33NO5S. The van der Waals surface area contributed by atoms with Gasteiger partial charge in [0.15, 0.2) is 5.78 Å². The van der Waals surface area contributed by atoms with Crippen molar-refractivity contribution >= 4 is 23.1 Å². The number of dihydropyridines is 1. The fourth-order valence-corrected chi connectivity index (χ4v) is 5.83. The van der Waals surface area contributed by atoms with Gasteiger partial charge >= 0.3 is 5.97 Å². The molecule has 0 fully saturated rings. The maximum Gasteiger partial charge on any atom is 0.336 e. The minimum Gasteiger partial charge on any atom is -0.497 e. The molecule has 1 aromatic carbocycles. The molecule has 0 spiro atoms. The Bertz CT molecular complexity index is 1180. The van der Waals surface area contributed by atoms with Crippen molar-refractivity contribution < 1.29 is 23.8 Å². The number of Topliss-reactive ketones (excluding diaryl/α,β-unsaturated/α-hetero) is 1. The smallest absolute Gasteiger partial charge is 0.336 e. The number of hydrogen-bond donors (Lipinski definition) is 1. The van der Waals surface area contributed by atoms with Gasteiger partial charge in [-0.2, -0.15) is 0 Å². The molecule has 0 radical (unpaired) electrons. The highest BCUT2D eigenvalue weighted by Gasteiger charge is 2.42. The van der Waals surface area contributed by atoms with Crippen LogP contribution in [-0.2, 0) is 19.1 Å². The third kappa shape index (κ3) is 5.52. The highest BCUT2D eigenvalue weighted by molar-refractivity contribution is 7.12. The van der Waals surface area contributed by atoms with Crippen LogP contribution in [0.2, 0.25) is 0 Å². The van der Waals surface area contributed by atoms with Gasteiger partial charge in [0.05, 0.1) is 31.3 Å². The SMILES string of the molecule is COc1cccc(C2CC(=O)C3=C(C2)NC(C)=C(C(=O)OCCOC(C)C)C3c2ccc(C)s2)c1. The summed E-state index contributed by atoms with van der Waals surface area (Å²) in [5.41, 5.74) is 3.88. The van der Waals surface area contributed by atoms with Crippen LogP contribution in [0.3, 0.4) is 0 Å². The van der Waals surface area contributed by atoms with E-state index in [0.29, 0.717) is 30.6 Å². The number of ether oxygens (including phenoxy) is 3. The van der Waals surface area contributed by atoms with Gasteiger partial charge in [-0.25, -0.2) is 4.79 Å². The maximum atomic E-state index is 13.6. The Kier molecular flexibility index (Phi) is 7.77. The number of esters is 1. The number of hydrogen-bond acceptors (Lipinski definition) is 7. The van der Waals surface area contributed by atoms with E-state index in [2.05, 4.69) is 5.32 Å². The van der Waals surface area contributed by atoms with Crippen molar-refractivity contribution in [2.45, 2.75) is 58.5 Å². The topological polar surface area (TPSA) is 73.9 Å². The molecule has 186 valence electrons. The van der Waals surface area contributed by atoms with Gasteiger partial charge in [-0.05, 0) is 69.9 Å². The van der Waals surface area contributed by atoms with Crippen LogP contribution in [0.4, 0.5) is 0 Å². The summed E-state index contributed by atoms with van der Waals surface area (Å²) in [7, 11) is 1.64. The summed E-state index contributed by atoms with van der Waals surface area (Å²) in [6.07, 6.45) is 1.15. The number of nitrogens with one attached hydrogen (secondary N) is 1. The van der Waals surface area contributed by atoms with E-state index in [9.17, 15) is 9.59 Å². The first-order valence-electron chi connectivity index (χ1n) is 12.0. The van der Waals surface area contributed by atoms with Crippen molar-refractivity contribution in [2.24, 2.45) is 0 Å². The Hall–Kier alpha value is -2.90. The molecule has 4 rings (SSSR count).